The Morgan fingerprint density at radius 1 is 1.15 bits per heavy atom. The molecule has 0 radical (unpaired) electrons. The van der Waals surface area contributed by atoms with Gasteiger partial charge in [0.1, 0.15) is 6.54 Å². The number of hydrogen-bond acceptors (Lipinski definition) is 5. The summed E-state index contributed by atoms with van der Waals surface area (Å²) in [6, 6.07) is 5.01. The summed E-state index contributed by atoms with van der Waals surface area (Å²) in [7, 11) is 1.26. The first-order valence-corrected chi connectivity index (χ1v) is 8.42. The number of esters is 1. The molecule has 136 valence electrons. The summed E-state index contributed by atoms with van der Waals surface area (Å²) in [5.41, 5.74) is 1.19. The van der Waals surface area contributed by atoms with Gasteiger partial charge in [-0.3, -0.25) is 19.3 Å². The van der Waals surface area contributed by atoms with E-state index in [9.17, 15) is 19.2 Å². The number of anilines is 1. The molecular formula is C19H20N2O5. The van der Waals surface area contributed by atoms with E-state index in [1.807, 2.05) is 12.2 Å². The zero-order valence-corrected chi connectivity index (χ0v) is 14.7. The van der Waals surface area contributed by atoms with Crippen LogP contribution >= 0.6 is 0 Å². The number of nitrogens with zero attached hydrogens (tertiary/aromatic N) is 1. The standard InChI is InChI=1S/C19H20N2O5/c1-11-6-5-9-14(16(11)19(25)26-2)20-15(22)10-21-17(23)12-7-3-4-8-13(12)18(21)24/h3-6,9,12-13H,7-8,10H2,1-2H3,(H,20,22)/t12-,13-/m0/s1. The summed E-state index contributed by atoms with van der Waals surface area (Å²) in [6.07, 6.45) is 4.84. The van der Waals surface area contributed by atoms with E-state index in [0.717, 1.165) is 4.90 Å². The normalized spacial score (nSPS) is 21.5. The van der Waals surface area contributed by atoms with Crippen molar-refractivity contribution in [2.75, 3.05) is 19.0 Å². The number of allylic oxidation sites excluding steroid dienone is 2. The minimum atomic E-state index is -0.566. The van der Waals surface area contributed by atoms with Gasteiger partial charge in [-0.15, -0.1) is 0 Å². The Morgan fingerprint density at radius 2 is 1.77 bits per heavy atom. The first-order chi connectivity index (χ1) is 12.4. The van der Waals surface area contributed by atoms with Crippen molar-refractivity contribution in [1.82, 2.24) is 4.90 Å². The predicted octanol–water partition coefficient (Wildman–Crippen LogP) is 1.67. The maximum absolute atomic E-state index is 12.4. The van der Waals surface area contributed by atoms with Crippen LogP contribution < -0.4 is 5.32 Å². The molecular weight excluding hydrogens is 336 g/mol. The monoisotopic (exact) mass is 356 g/mol. The van der Waals surface area contributed by atoms with Crippen LogP contribution in [0.1, 0.15) is 28.8 Å². The van der Waals surface area contributed by atoms with Crippen LogP contribution in [0.4, 0.5) is 5.69 Å². The highest BCUT2D eigenvalue weighted by atomic mass is 16.5. The van der Waals surface area contributed by atoms with Gasteiger partial charge < -0.3 is 10.1 Å². The summed E-state index contributed by atoms with van der Waals surface area (Å²) < 4.78 is 4.76. The van der Waals surface area contributed by atoms with Crippen molar-refractivity contribution in [3.8, 4) is 0 Å². The van der Waals surface area contributed by atoms with Crippen LogP contribution in [-0.4, -0.2) is 42.2 Å². The number of nitrogens with one attached hydrogen (secondary N) is 1. The van der Waals surface area contributed by atoms with Crippen molar-refractivity contribution < 1.29 is 23.9 Å². The smallest absolute Gasteiger partial charge is 0.340 e. The molecule has 7 heteroatoms. The zero-order chi connectivity index (χ0) is 18.8. The largest absolute Gasteiger partial charge is 0.465 e. The fraction of sp³-hybridized carbons (Fsp3) is 0.368. The first-order valence-electron chi connectivity index (χ1n) is 8.42. The number of carbonyl (C=O) groups excluding carboxylic acids is 4. The average Bonchev–Trinajstić information content (AvgIpc) is 2.86. The lowest BCUT2D eigenvalue weighted by molar-refractivity contribution is -0.142. The van der Waals surface area contributed by atoms with Gasteiger partial charge in [0, 0.05) is 0 Å². The Kier molecular flexibility index (Phi) is 4.88. The Bertz CT molecular complexity index is 788. The van der Waals surface area contributed by atoms with E-state index in [1.165, 1.54) is 7.11 Å². The van der Waals surface area contributed by atoms with Gasteiger partial charge in [-0.2, -0.15) is 0 Å². The number of methoxy groups -OCH3 is 1. The lowest BCUT2D eigenvalue weighted by atomic mass is 9.85. The number of rotatable bonds is 4. The molecule has 7 nitrogen and oxygen atoms in total. The Balaban J connectivity index is 1.74. The molecule has 1 aliphatic heterocycles. The minimum Gasteiger partial charge on any atom is -0.465 e. The maximum Gasteiger partial charge on any atom is 0.340 e. The number of hydrogen-bond donors (Lipinski definition) is 1. The second-order valence-corrected chi connectivity index (χ2v) is 6.46. The van der Waals surface area contributed by atoms with Crippen LogP contribution in [0.2, 0.25) is 0 Å². The van der Waals surface area contributed by atoms with Gasteiger partial charge in [0.2, 0.25) is 17.7 Å². The summed E-state index contributed by atoms with van der Waals surface area (Å²) in [6.45, 7) is 1.37. The number of aryl methyl sites for hydroxylation is 1. The highest BCUT2D eigenvalue weighted by Gasteiger charge is 2.47. The molecule has 3 rings (SSSR count). The van der Waals surface area contributed by atoms with E-state index in [1.54, 1.807) is 25.1 Å². The van der Waals surface area contributed by atoms with Crippen LogP contribution in [0.3, 0.4) is 0 Å². The molecule has 2 atom stereocenters. The molecule has 1 aromatic carbocycles. The number of amides is 3. The molecule has 0 saturated carbocycles. The van der Waals surface area contributed by atoms with Gasteiger partial charge in [-0.05, 0) is 31.4 Å². The van der Waals surface area contributed by atoms with E-state index in [0.29, 0.717) is 24.1 Å². The van der Waals surface area contributed by atoms with Gasteiger partial charge in [0.05, 0.1) is 30.2 Å². The van der Waals surface area contributed by atoms with Crippen molar-refractivity contribution in [2.24, 2.45) is 11.8 Å². The van der Waals surface area contributed by atoms with Gasteiger partial charge in [-0.1, -0.05) is 24.3 Å². The molecule has 2 aliphatic rings. The van der Waals surface area contributed by atoms with E-state index < -0.39 is 11.9 Å². The van der Waals surface area contributed by atoms with Gasteiger partial charge >= 0.3 is 5.97 Å². The second kappa shape index (κ2) is 7.11. The van der Waals surface area contributed by atoms with Crippen molar-refractivity contribution in [1.29, 1.82) is 0 Å². The third kappa shape index (κ3) is 3.12. The fourth-order valence-electron chi connectivity index (χ4n) is 3.50. The quantitative estimate of drug-likeness (QED) is 0.503. The average molecular weight is 356 g/mol. The van der Waals surface area contributed by atoms with Crippen molar-refractivity contribution in [3.63, 3.8) is 0 Å². The summed E-state index contributed by atoms with van der Waals surface area (Å²) in [5.74, 6) is -2.46. The highest BCUT2D eigenvalue weighted by molar-refractivity contribution is 6.09. The molecule has 1 heterocycles. The van der Waals surface area contributed by atoms with Gasteiger partial charge in [0.15, 0.2) is 0 Å². The van der Waals surface area contributed by atoms with Crippen LogP contribution in [-0.2, 0) is 19.1 Å². The number of ether oxygens (including phenoxy) is 1. The van der Waals surface area contributed by atoms with Crippen molar-refractivity contribution >= 4 is 29.4 Å². The predicted molar refractivity (Wildman–Crippen MR) is 93.2 cm³/mol. The lowest BCUT2D eigenvalue weighted by Gasteiger charge is -2.16. The van der Waals surface area contributed by atoms with E-state index >= 15 is 0 Å². The highest BCUT2D eigenvalue weighted by Crippen LogP contribution is 2.34. The molecule has 3 amide bonds. The molecule has 0 bridgehead atoms. The molecule has 0 aromatic heterocycles. The van der Waals surface area contributed by atoms with Crippen molar-refractivity contribution in [2.45, 2.75) is 19.8 Å². The molecule has 1 aliphatic carbocycles. The summed E-state index contributed by atoms with van der Waals surface area (Å²) >= 11 is 0. The molecule has 26 heavy (non-hydrogen) atoms. The number of benzene rings is 1. The van der Waals surface area contributed by atoms with Gasteiger partial charge in [0.25, 0.3) is 0 Å². The topological polar surface area (TPSA) is 92.8 Å². The lowest BCUT2D eigenvalue weighted by Crippen LogP contribution is -2.38. The van der Waals surface area contributed by atoms with Gasteiger partial charge in [-0.25, -0.2) is 4.79 Å². The van der Waals surface area contributed by atoms with Crippen LogP contribution in [0.15, 0.2) is 30.4 Å². The minimum absolute atomic E-state index is 0.250. The Labute approximate surface area is 151 Å². The summed E-state index contributed by atoms with van der Waals surface area (Å²) in [4.78, 5) is 50.3. The second-order valence-electron chi connectivity index (χ2n) is 6.46. The number of carbonyl (C=O) groups is 4. The molecule has 1 saturated heterocycles. The van der Waals surface area contributed by atoms with Crippen LogP contribution in [0.25, 0.3) is 0 Å². The molecule has 0 spiro atoms. The van der Waals surface area contributed by atoms with E-state index in [2.05, 4.69) is 5.32 Å². The number of fused-ring (bicyclic) bond motifs is 1. The van der Waals surface area contributed by atoms with E-state index in [4.69, 9.17) is 4.74 Å². The number of imide groups is 1. The van der Waals surface area contributed by atoms with Crippen LogP contribution in [0, 0.1) is 18.8 Å². The fourth-order valence-corrected chi connectivity index (χ4v) is 3.50. The van der Waals surface area contributed by atoms with Crippen LogP contribution in [0.5, 0.6) is 0 Å². The molecule has 1 fully saturated rings. The molecule has 1 aromatic rings. The Morgan fingerprint density at radius 3 is 2.35 bits per heavy atom. The third-order valence-corrected chi connectivity index (χ3v) is 4.84. The molecule has 1 N–H and O–H groups in total. The molecule has 0 unspecified atom stereocenters. The first kappa shape index (κ1) is 17.8. The SMILES string of the molecule is COC(=O)c1c(C)cccc1NC(=O)CN1C(=O)[C@H]2CC=CC[C@@H]2C1=O. The summed E-state index contributed by atoms with van der Waals surface area (Å²) in [5, 5.41) is 2.61. The van der Waals surface area contributed by atoms with Crippen molar-refractivity contribution in [3.05, 3.63) is 41.5 Å². The maximum atomic E-state index is 12.4. The zero-order valence-electron chi connectivity index (χ0n) is 14.7. The van der Waals surface area contributed by atoms with E-state index in [-0.39, 0.29) is 35.8 Å². The third-order valence-electron chi connectivity index (χ3n) is 4.84. The Hall–Kier alpha value is -2.96. The number of likely N-dealkylation sites (tertiary alicyclic amines) is 1.